The Labute approximate surface area is 266 Å². The number of nitrogens with one attached hydrogen (secondary N) is 1. The van der Waals surface area contributed by atoms with Crippen molar-refractivity contribution in [2.75, 3.05) is 5.43 Å². The van der Waals surface area contributed by atoms with Gasteiger partial charge in [0.1, 0.15) is 41.8 Å². The Balaban J connectivity index is 0.00000385. The molecule has 35 heavy (non-hydrogen) atoms. The second-order valence-electron chi connectivity index (χ2n) is 6.20. The molecule has 0 aliphatic heterocycles. The Bertz CT molecular complexity index is 1530. The predicted molar refractivity (Wildman–Crippen MR) is 104 cm³/mol. The number of carbonyl (C=O) groups excluding carboxylic acids is 1. The summed E-state index contributed by atoms with van der Waals surface area (Å²) in [4.78, 5) is 10.0. The third-order valence-corrected chi connectivity index (χ3v) is 6.59. The summed E-state index contributed by atoms with van der Waals surface area (Å²) in [5.74, 6) is -2.26. The van der Waals surface area contributed by atoms with Crippen molar-refractivity contribution < 1.29 is 137 Å². The molecule has 0 unspecified atom stereocenters. The Morgan fingerprint density at radius 3 is 1.74 bits per heavy atom. The third kappa shape index (κ3) is 8.17. The smallest absolute Gasteiger partial charge is 0.744 e. The van der Waals surface area contributed by atoms with E-state index in [0.29, 0.717) is 18.2 Å². The van der Waals surface area contributed by atoms with Gasteiger partial charge in [0.2, 0.25) is 5.78 Å². The number of carbonyl (C=O) groups is 1. The monoisotopic (exact) mass is 570 g/mol. The Hall–Kier alpha value is -0.150. The maximum absolute atomic E-state index is 12.7. The van der Waals surface area contributed by atoms with E-state index in [-0.39, 0.29) is 94.4 Å². The first-order valence-electron chi connectivity index (χ1n) is 8.04. The van der Waals surface area contributed by atoms with E-state index in [1.165, 1.54) is 0 Å². The van der Waals surface area contributed by atoms with Gasteiger partial charge in [0, 0.05) is 0 Å². The number of hydrazone groups is 1. The summed E-state index contributed by atoms with van der Waals surface area (Å²) >= 11 is 0. The summed E-state index contributed by atoms with van der Waals surface area (Å²) in [7, 11) is -15.2. The van der Waals surface area contributed by atoms with Crippen molar-refractivity contribution >= 4 is 53.6 Å². The van der Waals surface area contributed by atoms with Gasteiger partial charge in [0.15, 0.2) is 0 Å². The zero-order valence-electron chi connectivity index (χ0n) is 18.2. The van der Waals surface area contributed by atoms with E-state index in [1.54, 1.807) is 0 Å². The number of Topliss-reactive ketones (excluding diaryl/α,β-unsaturated/α-hetero) is 1. The third-order valence-electron chi connectivity index (χ3n) is 4.08. The number of allylic oxidation sites excluding steroid dienone is 1. The molecule has 0 spiro atoms. The van der Waals surface area contributed by atoms with E-state index >= 15 is 0 Å². The Morgan fingerprint density at radius 2 is 1.29 bits per heavy atom. The minimum Gasteiger partial charge on any atom is -0.744 e. The minimum absolute atomic E-state index is 0. The standard InChI is InChI=1S/C16H12N2O11S3.3Na/c19-12-7-11(31(24,25)26)5-8-6-13(32(27,28)29)15(16(20)14(8)12)18-17-9-1-3-10(4-2-9)30(21,22)23;;;/h1-7,17,19H,(H,21,22,23)(H,24,25,26)(H,27,28,29);;;/q;3*+1/p-3/b18-15-;;;. The van der Waals surface area contributed by atoms with E-state index in [1.807, 2.05) is 0 Å². The van der Waals surface area contributed by atoms with E-state index in [9.17, 15) is 48.8 Å². The summed E-state index contributed by atoms with van der Waals surface area (Å²) < 4.78 is 101. The normalized spacial score (nSPS) is 14.5. The summed E-state index contributed by atoms with van der Waals surface area (Å²) in [6.07, 6.45) is 0.571. The maximum Gasteiger partial charge on any atom is 1.00 e. The molecule has 0 saturated heterocycles. The van der Waals surface area contributed by atoms with E-state index in [0.717, 1.165) is 24.3 Å². The average molecular weight is 570 g/mol. The van der Waals surface area contributed by atoms with Crippen molar-refractivity contribution in [1.82, 2.24) is 0 Å². The number of fused-ring (bicyclic) bond motifs is 1. The van der Waals surface area contributed by atoms with Crippen molar-refractivity contribution in [1.29, 1.82) is 0 Å². The van der Waals surface area contributed by atoms with Crippen LogP contribution < -0.4 is 94.1 Å². The van der Waals surface area contributed by atoms with Crippen LogP contribution in [0.1, 0.15) is 15.9 Å². The SMILES string of the molecule is O=C1/C(=N\Nc2ccc(S(=O)(=O)[O-])cc2)C(S(=O)(=O)[O-])=Cc2cc(S(=O)(=O)[O-])cc(O)c21.[Na+].[Na+].[Na+]. The number of hydrogen-bond donors (Lipinski definition) is 2. The van der Waals surface area contributed by atoms with Gasteiger partial charge in [-0.2, -0.15) is 5.10 Å². The molecule has 0 radical (unpaired) electrons. The molecule has 2 aromatic rings. The average Bonchev–Trinajstić information content (AvgIpc) is 2.64. The van der Waals surface area contributed by atoms with Crippen LogP contribution in [0.3, 0.4) is 0 Å². The van der Waals surface area contributed by atoms with Gasteiger partial charge >= 0.3 is 88.7 Å². The van der Waals surface area contributed by atoms with Crippen molar-refractivity contribution in [3.05, 3.63) is 52.4 Å². The molecule has 170 valence electrons. The molecule has 0 aromatic heterocycles. The van der Waals surface area contributed by atoms with Gasteiger partial charge in [0.05, 0.1) is 25.9 Å². The number of hydrogen-bond acceptors (Lipinski definition) is 13. The molecule has 0 bridgehead atoms. The number of ketones is 1. The summed E-state index contributed by atoms with van der Waals surface area (Å²) in [5, 5.41) is 13.6. The van der Waals surface area contributed by atoms with Gasteiger partial charge < -0.3 is 18.8 Å². The van der Waals surface area contributed by atoms with Gasteiger partial charge in [-0.25, -0.2) is 25.3 Å². The minimum atomic E-state index is -5.35. The van der Waals surface area contributed by atoms with Crippen LogP contribution in [0.5, 0.6) is 5.75 Å². The zero-order chi connectivity index (χ0) is 24.1. The van der Waals surface area contributed by atoms with Crippen LogP contribution in [0.15, 0.2) is 56.2 Å². The maximum atomic E-state index is 12.7. The molecule has 13 nitrogen and oxygen atoms in total. The molecule has 3 rings (SSSR count). The van der Waals surface area contributed by atoms with Crippen molar-refractivity contribution in [2.24, 2.45) is 5.10 Å². The molecule has 0 heterocycles. The van der Waals surface area contributed by atoms with Gasteiger partial charge in [-0.05, 0) is 48.0 Å². The van der Waals surface area contributed by atoms with Crippen LogP contribution in [0, 0.1) is 0 Å². The topological polar surface area (TPSA) is 233 Å². The quantitative estimate of drug-likeness (QED) is 0.194. The fourth-order valence-electron chi connectivity index (χ4n) is 2.68. The molecule has 1 aliphatic carbocycles. The van der Waals surface area contributed by atoms with Crippen molar-refractivity contribution in [2.45, 2.75) is 9.79 Å². The van der Waals surface area contributed by atoms with Crippen LogP contribution in [0.4, 0.5) is 5.69 Å². The number of benzene rings is 2. The van der Waals surface area contributed by atoms with E-state index in [4.69, 9.17) is 0 Å². The van der Waals surface area contributed by atoms with Gasteiger partial charge in [0.25, 0.3) is 0 Å². The molecule has 1 aliphatic rings. The van der Waals surface area contributed by atoms with Gasteiger partial charge in [-0.1, -0.05) is 0 Å². The summed E-state index contributed by atoms with van der Waals surface area (Å²) in [6.45, 7) is 0. The fraction of sp³-hybridized carbons (Fsp3) is 0. The zero-order valence-corrected chi connectivity index (χ0v) is 26.7. The van der Waals surface area contributed by atoms with Crippen molar-refractivity contribution in [3.8, 4) is 5.75 Å². The molecular weight excluding hydrogens is 561 g/mol. The predicted octanol–water partition coefficient (Wildman–Crippen LogP) is -9.24. The number of anilines is 1. The van der Waals surface area contributed by atoms with Crippen LogP contribution >= 0.6 is 0 Å². The second-order valence-corrected chi connectivity index (χ2v) is 10.3. The number of phenolic OH excluding ortho intramolecular Hbond substituents is 1. The van der Waals surface area contributed by atoms with Crippen LogP contribution in [0.25, 0.3) is 6.08 Å². The van der Waals surface area contributed by atoms with Crippen molar-refractivity contribution in [3.63, 3.8) is 0 Å². The van der Waals surface area contributed by atoms with Crippen LogP contribution in [-0.4, -0.2) is 55.5 Å². The van der Waals surface area contributed by atoms with Gasteiger partial charge in [-0.15, -0.1) is 0 Å². The van der Waals surface area contributed by atoms with E-state index < -0.39 is 73.4 Å². The largest absolute Gasteiger partial charge is 1.00 e. The molecule has 0 amide bonds. The first-order chi connectivity index (χ1) is 14.6. The molecule has 0 fully saturated rings. The van der Waals surface area contributed by atoms with Gasteiger partial charge in [-0.3, -0.25) is 10.2 Å². The molecule has 0 atom stereocenters. The summed E-state index contributed by atoms with van der Waals surface area (Å²) in [6, 6.07) is 5.03. The Morgan fingerprint density at radius 1 is 0.771 bits per heavy atom. The number of nitrogens with zero attached hydrogens (tertiary/aromatic N) is 1. The number of aromatic hydroxyl groups is 1. The van der Waals surface area contributed by atoms with Crippen LogP contribution in [0.2, 0.25) is 0 Å². The summed E-state index contributed by atoms with van der Waals surface area (Å²) in [5.41, 5.74) is 0.104. The molecule has 2 N–H and O–H groups in total. The molecular formula is C16H9N2Na3O11S3. The first kappa shape index (κ1) is 34.9. The number of rotatable bonds is 5. The second kappa shape index (κ2) is 12.6. The molecule has 2 aromatic carbocycles. The molecule has 19 heteroatoms. The number of phenols is 1. The van der Waals surface area contributed by atoms with Crippen LogP contribution in [-0.2, 0) is 30.4 Å². The Kier molecular flexibility index (Phi) is 12.5. The fourth-order valence-corrected chi connectivity index (χ4v) is 4.32. The first-order valence-corrected chi connectivity index (χ1v) is 12.3. The van der Waals surface area contributed by atoms with E-state index in [2.05, 4.69) is 10.5 Å². The molecule has 0 saturated carbocycles.